The van der Waals surface area contributed by atoms with Gasteiger partial charge in [0.05, 0.1) is 0 Å². The average molecular weight is 269 g/mol. The van der Waals surface area contributed by atoms with E-state index in [4.69, 9.17) is 0 Å². The summed E-state index contributed by atoms with van der Waals surface area (Å²) in [5.41, 5.74) is 0.466. The average Bonchev–Trinajstić information content (AvgIpc) is 2.41. The third-order valence-corrected chi connectivity index (χ3v) is 3.54. The molecule has 1 aromatic rings. The number of hydrogen-bond donors (Lipinski definition) is 1. The number of benzene rings is 1. The molecule has 1 nitrogen and oxygen atoms in total. The Morgan fingerprint density at radius 1 is 1.11 bits per heavy atom. The highest BCUT2D eigenvalue weighted by Crippen LogP contribution is 2.15. The summed E-state index contributed by atoms with van der Waals surface area (Å²) < 4.78 is 26.7. The fourth-order valence-corrected chi connectivity index (χ4v) is 2.31. The Bertz CT molecular complexity index is 366. The van der Waals surface area contributed by atoms with E-state index in [9.17, 15) is 8.78 Å². The molecule has 1 unspecified atom stereocenters. The van der Waals surface area contributed by atoms with E-state index in [-0.39, 0.29) is 17.7 Å². The third kappa shape index (κ3) is 6.15. The first-order valence-electron chi connectivity index (χ1n) is 7.28. The van der Waals surface area contributed by atoms with Crippen LogP contribution < -0.4 is 5.32 Å². The lowest BCUT2D eigenvalue weighted by molar-refractivity contribution is 0.471. The van der Waals surface area contributed by atoms with Crippen molar-refractivity contribution in [2.75, 3.05) is 7.05 Å². The van der Waals surface area contributed by atoms with Gasteiger partial charge in [-0.05, 0) is 43.7 Å². The second-order valence-corrected chi connectivity index (χ2v) is 5.13. The summed E-state index contributed by atoms with van der Waals surface area (Å²) in [5, 5.41) is 3.20. The standard InChI is InChI=1S/C16H25F2N/c1-3-4-5-6-7-8-15(19-2)12-13-11-14(17)9-10-16(13)18/h9-11,15,19H,3-8,12H2,1-2H3. The van der Waals surface area contributed by atoms with Crippen LogP contribution >= 0.6 is 0 Å². The van der Waals surface area contributed by atoms with Gasteiger partial charge in [-0.15, -0.1) is 0 Å². The molecule has 0 aliphatic heterocycles. The van der Waals surface area contributed by atoms with Crippen LogP contribution in [0.25, 0.3) is 0 Å². The van der Waals surface area contributed by atoms with E-state index < -0.39 is 0 Å². The summed E-state index contributed by atoms with van der Waals surface area (Å²) in [4.78, 5) is 0. The Morgan fingerprint density at radius 3 is 2.53 bits per heavy atom. The van der Waals surface area contributed by atoms with Gasteiger partial charge >= 0.3 is 0 Å². The molecule has 0 aliphatic rings. The van der Waals surface area contributed by atoms with E-state index in [0.717, 1.165) is 18.9 Å². The van der Waals surface area contributed by atoms with Gasteiger partial charge in [0.15, 0.2) is 0 Å². The number of likely N-dealkylation sites (N-methyl/N-ethyl adjacent to an activating group) is 1. The molecule has 0 amide bonds. The summed E-state index contributed by atoms with van der Waals surface area (Å²) in [6.07, 6.45) is 7.71. The lowest BCUT2D eigenvalue weighted by Crippen LogP contribution is -2.27. The van der Waals surface area contributed by atoms with Gasteiger partial charge in [-0.25, -0.2) is 8.78 Å². The van der Waals surface area contributed by atoms with Gasteiger partial charge in [-0.3, -0.25) is 0 Å². The highest BCUT2D eigenvalue weighted by Gasteiger charge is 2.11. The third-order valence-electron chi connectivity index (χ3n) is 3.54. The van der Waals surface area contributed by atoms with Gasteiger partial charge in [-0.1, -0.05) is 39.0 Å². The van der Waals surface area contributed by atoms with E-state index in [0.29, 0.717) is 12.0 Å². The highest BCUT2D eigenvalue weighted by molar-refractivity contribution is 5.19. The van der Waals surface area contributed by atoms with E-state index in [2.05, 4.69) is 12.2 Å². The summed E-state index contributed by atoms with van der Waals surface area (Å²) in [5.74, 6) is -0.679. The first-order chi connectivity index (χ1) is 9.17. The van der Waals surface area contributed by atoms with Crippen LogP contribution in [0.1, 0.15) is 51.0 Å². The predicted molar refractivity (Wildman–Crippen MR) is 76.3 cm³/mol. The minimum Gasteiger partial charge on any atom is -0.317 e. The maximum Gasteiger partial charge on any atom is 0.126 e. The summed E-state index contributed by atoms with van der Waals surface area (Å²) in [7, 11) is 1.88. The quantitative estimate of drug-likeness (QED) is 0.653. The van der Waals surface area contributed by atoms with Crippen molar-refractivity contribution in [3.63, 3.8) is 0 Å². The molecule has 1 N–H and O–H groups in total. The minimum atomic E-state index is -0.366. The molecule has 0 spiro atoms. The molecule has 0 saturated carbocycles. The summed E-state index contributed by atoms with van der Waals surface area (Å²) >= 11 is 0. The Hall–Kier alpha value is -0.960. The predicted octanol–water partition coefficient (Wildman–Crippen LogP) is 4.46. The Morgan fingerprint density at radius 2 is 1.84 bits per heavy atom. The lowest BCUT2D eigenvalue weighted by atomic mass is 9.99. The van der Waals surface area contributed by atoms with Crippen molar-refractivity contribution in [2.24, 2.45) is 0 Å². The number of rotatable bonds is 9. The SMILES string of the molecule is CCCCCCCC(Cc1cc(F)ccc1F)NC. The second-order valence-electron chi connectivity index (χ2n) is 5.13. The van der Waals surface area contributed by atoms with E-state index >= 15 is 0 Å². The van der Waals surface area contributed by atoms with Crippen LogP contribution in [0.15, 0.2) is 18.2 Å². The van der Waals surface area contributed by atoms with Crippen molar-refractivity contribution in [3.8, 4) is 0 Å². The molecule has 0 aliphatic carbocycles. The van der Waals surface area contributed by atoms with Crippen LogP contribution in [0.5, 0.6) is 0 Å². The molecule has 0 radical (unpaired) electrons. The van der Waals surface area contributed by atoms with E-state index in [1.807, 2.05) is 7.05 Å². The largest absolute Gasteiger partial charge is 0.317 e. The monoisotopic (exact) mass is 269 g/mol. The molecular weight excluding hydrogens is 244 g/mol. The van der Waals surface area contributed by atoms with Crippen molar-refractivity contribution in [1.29, 1.82) is 0 Å². The summed E-state index contributed by atoms with van der Waals surface area (Å²) in [6.45, 7) is 2.20. The number of halogens is 2. The number of unbranched alkanes of at least 4 members (excludes halogenated alkanes) is 4. The van der Waals surface area contributed by atoms with Crippen LogP contribution in [0, 0.1) is 11.6 Å². The van der Waals surface area contributed by atoms with Gasteiger partial charge in [0.25, 0.3) is 0 Å². The zero-order chi connectivity index (χ0) is 14.1. The fraction of sp³-hybridized carbons (Fsp3) is 0.625. The zero-order valence-electron chi connectivity index (χ0n) is 12.0. The van der Waals surface area contributed by atoms with Crippen LogP contribution in [-0.4, -0.2) is 13.1 Å². The van der Waals surface area contributed by atoms with Crippen LogP contribution in [0.4, 0.5) is 8.78 Å². The topological polar surface area (TPSA) is 12.0 Å². The second kappa shape index (κ2) is 9.03. The lowest BCUT2D eigenvalue weighted by Gasteiger charge is -2.16. The number of hydrogen-bond acceptors (Lipinski definition) is 1. The Balaban J connectivity index is 2.41. The van der Waals surface area contributed by atoms with Crippen molar-refractivity contribution in [3.05, 3.63) is 35.4 Å². The van der Waals surface area contributed by atoms with E-state index in [1.54, 1.807) is 0 Å². The molecule has 108 valence electrons. The molecule has 0 bridgehead atoms. The van der Waals surface area contributed by atoms with Gasteiger partial charge in [0.1, 0.15) is 11.6 Å². The molecule has 0 saturated heterocycles. The fourth-order valence-electron chi connectivity index (χ4n) is 2.31. The molecule has 19 heavy (non-hydrogen) atoms. The first-order valence-corrected chi connectivity index (χ1v) is 7.28. The summed E-state index contributed by atoms with van der Waals surface area (Å²) in [6, 6.07) is 3.89. The molecule has 3 heteroatoms. The molecule has 0 aromatic heterocycles. The molecule has 1 aromatic carbocycles. The van der Waals surface area contributed by atoms with Crippen LogP contribution in [-0.2, 0) is 6.42 Å². The molecule has 0 heterocycles. The van der Waals surface area contributed by atoms with Crippen molar-refractivity contribution in [1.82, 2.24) is 5.32 Å². The van der Waals surface area contributed by atoms with E-state index in [1.165, 1.54) is 37.8 Å². The maximum atomic E-state index is 13.6. The normalized spacial score (nSPS) is 12.6. The van der Waals surface area contributed by atoms with Crippen molar-refractivity contribution < 1.29 is 8.78 Å². The van der Waals surface area contributed by atoms with Gasteiger partial charge in [0, 0.05) is 6.04 Å². The maximum absolute atomic E-state index is 13.6. The Labute approximate surface area is 115 Å². The van der Waals surface area contributed by atoms with Crippen molar-refractivity contribution in [2.45, 2.75) is 57.9 Å². The Kier molecular flexibility index (Phi) is 7.65. The smallest absolute Gasteiger partial charge is 0.126 e. The first kappa shape index (κ1) is 16.1. The highest BCUT2D eigenvalue weighted by atomic mass is 19.1. The molecular formula is C16H25F2N. The van der Waals surface area contributed by atoms with Crippen LogP contribution in [0.2, 0.25) is 0 Å². The molecule has 1 rings (SSSR count). The minimum absolute atomic E-state index is 0.220. The van der Waals surface area contributed by atoms with Gasteiger partial charge in [-0.2, -0.15) is 0 Å². The zero-order valence-corrected chi connectivity index (χ0v) is 12.0. The number of nitrogens with one attached hydrogen (secondary N) is 1. The van der Waals surface area contributed by atoms with Gasteiger partial charge in [0.2, 0.25) is 0 Å². The van der Waals surface area contributed by atoms with Crippen LogP contribution in [0.3, 0.4) is 0 Å². The molecule has 1 atom stereocenters. The van der Waals surface area contributed by atoms with Gasteiger partial charge < -0.3 is 5.32 Å². The van der Waals surface area contributed by atoms with Crippen molar-refractivity contribution >= 4 is 0 Å². The molecule has 0 fully saturated rings.